The number of anilines is 1. The average molecular weight is 223 g/mol. The van der Waals surface area contributed by atoms with E-state index in [1.54, 1.807) is 13.1 Å². The maximum atomic E-state index is 9.49. The summed E-state index contributed by atoms with van der Waals surface area (Å²) in [5.74, 6) is 0.903. The van der Waals surface area contributed by atoms with Crippen LogP contribution in [0.1, 0.15) is 18.6 Å². The van der Waals surface area contributed by atoms with Crippen LogP contribution in [0.3, 0.4) is 0 Å². The number of hydrogen-bond donors (Lipinski definition) is 1. The highest BCUT2D eigenvalue weighted by Crippen LogP contribution is 2.16. The predicted molar refractivity (Wildman–Crippen MR) is 66.7 cm³/mol. The highest BCUT2D eigenvalue weighted by atomic mass is 16.3. The molecular formula is C12H21N3O. The minimum Gasteiger partial charge on any atom is -0.389 e. The molecule has 0 unspecified atom stereocenters. The zero-order chi connectivity index (χ0) is 12.1. The van der Waals surface area contributed by atoms with Gasteiger partial charge in [0.1, 0.15) is 5.82 Å². The predicted octanol–water partition coefficient (Wildman–Crippen LogP) is 1.13. The molecule has 4 nitrogen and oxygen atoms in total. The van der Waals surface area contributed by atoms with Crippen molar-refractivity contribution in [1.29, 1.82) is 0 Å². The fraction of sp³-hybridized carbons (Fsp3) is 0.583. The van der Waals surface area contributed by atoms with Crippen molar-refractivity contribution >= 4 is 5.82 Å². The molecule has 0 saturated carbocycles. The second kappa shape index (κ2) is 5.82. The Morgan fingerprint density at radius 2 is 2.00 bits per heavy atom. The van der Waals surface area contributed by atoms with Crippen molar-refractivity contribution in [3.8, 4) is 0 Å². The van der Waals surface area contributed by atoms with Gasteiger partial charge in [-0.15, -0.1) is 0 Å². The van der Waals surface area contributed by atoms with E-state index in [0.29, 0.717) is 0 Å². The van der Waals surface area contributed by atoms with E-state index >= 15 is 0 Å². The molecule has 0 amide bonds. The molecule has 0 radical (unpaired) electrons. The highest BCUT2D eigenvalue weighted by molar-refractivity contribution is 5.40. The van der Waals surface area contributed by atoms with Crippen LogP contribution in [0.25, 0.3) is 0 Å². The van der Waals surface area contributed by atoms with E-state index < -0.39 is 6.10 Å². The Labute approximate surface area is 97.5 Å². The number of likely N-dealkylation sites (N-methyl/N-ethyl adjacent to an activating group) is 2. The summed E-state index contributed by atoms with van der Waals surface area (Å²) in [5, 5.41) is 9.49. The van der Waals surface area contributed by atoms with Crippen LogP contribution >= 0.6 is 0 Å². The number of nitrogens with zero attached hydrogens (tertiary/aromatic N) is 3. The number of rotatable bonds is 5. The van der Waals surface area contributed by atoms with Crippen LogP contribution in [0.4, 0.5) is 5.82 Å². The molecule has 4 heteroatoms. The first kappa shape index (κ1) is 12.9. The molecule has 1 aromatic rings. The standard InChI is InChI=1S/C12H21N3O/c1-10(16)11-5-6-13-12(9-11)15(4)8-7-14(2)3/h5-6,9-10,16H,7-8H2,1-4H3/t10-/m0/s1. The first-order valence-electron chi connectivity index (χ1n) is 5.50. The fourth-order valence-electron chi connectivity index (χ4n) is 1.37. The zero-order valence-electron chi connectivity index (χ0n) is 10.5. The minimum absolute atomic E-state index is 0.441. The van der Waals surface area contributed by atoms with Crippen molar-refractivity contribution in [2.24, 2.45) is 0 Å². The van der Waals surface area contributed by atoms with Crippen LogP contribution in [-0.2, 0) is 0 Å². The van der Waals surface area contributed by atoms with Crippen LogP contribution in [-0.4, -0.2) is 49.2 Å². The van der Waals surface area contributed by atoms with Gasteiger partial charge >= 0.3 is 0 Å². The second-order valence-electron chi connectivity index (χ2n) is 4.35. The van der Waals surface area contributed by atoms with Gasteiger partial charge in [0.05, 0.1) is 6.10 Å². The topological polar surface area (TPSA) is 39.6 Å². The lowest BCUT2D eigenvalue weighted by atomic mass is 10.2. The van der Waals surface area contributed by atoms with E-state index in [1.807, 2.05) is 33.3 Å². The van der Waals surface area contributed by atoms with E-state index in [0.717, 1.165) is 24.5 Å². The molecule has 1 atom stereocenters. The number of pyridine rings is 1. The highest BCUT2D eigenvalue weighted by Gasteiger charge is 2.06. The number of aromatic nitrogens is 1. The Hall–Kier alpha value is -1.13. The summed E-state index contributed by atoms with van der Waals surface area (Å²) in [5.41, 5.74) is 0.904. The Morgan fingerprint density at radius 1 is 1.31 bits per heavy atom. The van der Waals surface area contributed by atoms with Gasteiger partial charge in [-0.2, -0.15) is 0 Å². The van der Waals surface area contributed by atoms with Crippen molar-refractivity contribution in [2.45, 2.75) is 13.0 Å². The number of hydrogen-bond acceptors (Lipinski definition) is 4. The summed E-state index contributed by atoms with van der Waals surface area (Å²) < 4.78 is 0. The van der Waals surface area contributed by atoms with Crippen molar-refractivity contribution in [1.82, 2.24) is 9.88 Å². The molecule has 0 bridgehead atoms. The summed E-state index contributed by atoms with van der Waals surface area (Å²) in [6.07, 6.45) is 1.30. The summed E-state index contributed by atoms with van der Waals surface area (Å²) in [6.45, 7) is 3.67. The lowest BCUT2D eigenvalue weighted by molar-refractivity contribution is 0.199. The largest absolute Gasteiger partial charge is 0.389 e. The average Bonchev–Trinajstić information content (AvgIpc) is 2.26. The van der Waals surface area contributed by atoms with Crippen LogP contribution in [0.2, 0.25) is 0 Å². The van der Waals surface area contributed by atoms with Crippen molar-refractivity contribution in [2.75, 3.05) is 39.1 Å². The first-order valence-corrected chi connectivity index (χ1v) is 5.50. The SMILES string of the molecule is C[C@H](O)c1ccnc(N(C)CCN(C)C)c1. The first-order chi connectivity index (χ1) is 7.50. The lowest BCUT2D eigenvalue weighted by Crippen LogP contribution is -2.29. The molecule has 1 N–H and O–H groups in total. The maximum Gasteiger partial charge on any atom is 0.128 e. The van der Waals surface area contributed by atoms with Crippen molar-refractivity contribution in [3.63, 3.8) is 0 Å². The van der Waals surface area contributed by atoms with Crippen LogP contribution in [0.15, 0.2) is 18.3 Å². The van der Waals surface area contributed by atoms with Gasteiger partial charge in [-0.05, 0) is 38.7 Å². The molecule has 0 fully saturated rings. The summed E-state index contributed by atoms with van der Waals surface area (Å²) in [4.78, 5) is 8.52. The molecular weight excluding hydrogens is 202 g/mol. The molecule has 0 aliphatic rings. The van der Waals surface area contributed by atoms with Gasteiger partial charge in [-0.25, -0.2) is 4.98 Å². The van der Waals surface area contributed by atoms with Gasteiger partial charge in [0, 0.05) is 26.3 Å². The van der Waals surface area contributed by atoms with Crippen LogP contribution < -0.4 is 4.90 Å². The fourth-order valence-corrected chi connectivity index (χ4v) is 1.37. The molecule has 90 valence electrons. The molecule has 0 aromatic carbocycles. The Balaban J connectivity index is 2.68. The molecule has 1 heterocycles. The van der Waals surface area contributed by atoms with Crippen LogP contribution in [0.5, 0.6) is 0 Å². The van der Waals surface area contributed by atoms with Crippen LogP contribution in [0, 0.1) is 0 Å². The number of aliphatic hydroxyl groups is 1. The van der Waals surface area contributed by atoms with Gasteiger partial charge in [0.25, 0.3) is 0 Å². The second-order valence-corrected chi connectivity index (χ2v) is 4.35. The molecule has 16 heavy (non-hydrogen) atoms. The lowest BCUT2D eigenvalue weighted by Gasteiger charge is -2.21. The monoisotopic (exact) mass is 223 g/mol. The molecule has 0 aliphatic carbocycles. The Bertz CT molecular complexity index is 326. The van der Waals surface area contributed by atoms with E-state index in [4.69, 9.17) is 0 Å². The van der Waals surface area contributed by atoms with Gasteiger partial charge in [0.2, 0.25) is 0 Å². The van der Waals surface area contributed by atoms with E-state index in [1.165, 1.54) is 0 Å². The van der Waals surface area contributed by atoms with Crippen molar-refractivity contribution < 1.29 is 5.11 Å². The summed E-state index contributed by atoms with van der Waals surface area (Å²) in [6, 6.07) is 3.77. The molecule has 0 aliphatic heterocycles. The van der Waals surface area contributed by atoms with Gasteiger partial charge < -0.3 is 14.9 Å². The molecule has 1 rings (SSSR count). The third-order valence-electron chi connectivity index (χ3n) is 2.53. The zero-order valence-corrected chi connectivity index (χ0v) is 10.5. The third kappa shape index (κ3) is 3.79. The van der Waals surface area contributed by atoms with Crippen molar-refractivity contribution in [3.05, 3.63) is 23.9 Å². The normalized spacial score (nSPS) is 12.9. The van der Waals surface area contributed by atoms with Gasteiger partial charge in [-0.3, -0.25) is 0 Å². The van der Waals surface area contributed by atoms with E-state index in [2.05, 4.69) is 14.8 Å². The Kier molecular flexibility index (Phi) is 4.71. The van der Waals surface area contributed by atoms with Gasteiger partial charge in [-0.1, -0.05) is 0 Å². The Morgan fingerprint density at radius 3 is 2.56 bits per heavy atom. The minimum atomic E-state index is -0.441. The van der Waals surface area contributed by atoms with E-state index in [-0.39, 0.29) is 0 Å². The third-order valence-corrected chi connectivity index (χ3v) is 2.53. The van der Waals surface area contributed by atoms with Gasteiger partial charge in [0.15, 0.2) is 0 Å². The maximum absolute atomic E-state index is 9.49. The molecule has 0 spiro atoms. The molecule has 0 saturated heterocycles. The summed E-state index contributed by atoms with van der Waals surface area (Å²) >= 11 is 0. The summed E-state index contributed by atoms with van der Waals surface area (Å²) in [7, 11) is 6.11. The molecule has 1 aromatic heterocycles. The smallest absolute Gasteiger partial charge is 0.128 e. The number of aliphatic hydroxyl groups excluding tert-OH is 1. The van der Waals surface area contributed by atoms with E-state index in [9.17, 15) is 5.11 Å². The quantitative estimate of drug-likeness (QED) is 0.812.